The Labute approximate surface area is 104 Å². The van der Waals surface area contributed by atoms with Crippen LogP contribution in [0.2, 0.25) is 0 Å². The third-order valence-electron chi connectivity index (χ3n) is 3.00. The van der Waals surface area contributed by atoms with E-state index in [2.05, 4.69) is 15.5 Å². The Hall–Kier alpha value is -2.12. The fraction of sp³-hybridized carbons (Fsp3) is 0.600. The van der Waals surface area contributed by atoms with Crippen molar-refractivity contribution in [3.8, 4) is 0 Å². The number of nitrogens with zero attached hydrogens (tertiary/aromatic N) is 4. The van der Waals surface area contributed by atoms with E-state index < -0.39 is 12.0 Å². The predicted molar refractivity (Wildman–Crippen MR) is 60.6 cm³/mol. The zero-order chi connectivity index (χ0) is 13.1. The molecule has 1 aromatic heterocycles. The maximum absolute atomic E-state index is 11.9. The largest absolute Gasteiger partial charge is 0.480 e. The molecule has 8 nitrogen and oxygen atoms in total. The summed E-state index contributed by atoms with van der Waals surface area (Å²) in [6, 6.07) is -1.09. The number of carbonyl (C=O) groups is 2. The topological polar surface area (TPSA) is 100 Å². The molecule has 1 saturated heterocycles. The average molecular weight is 253 g/mol. The molecule has 0 radical (unpaired) electrons. The lowest BCUT2D eigenvalue weighted by molar-refractivity contribution is -0.141. The van der Waals surface area contributed by atoms with Crippen molar-refractivity contribution in [2.75, 3.05) is 6.54 Å². The van der Waals surface area contributed by atoms with Crippen molar-refractivity contribution >= 4 is 12.0 Å². The highest BCUT2D eigenvalue weighted by molar-refractivity contribution is 5.83. The minimum atomic E-state index is -0.957. The number of likely N-dealkylation sites (tertiary alicyclic amines) is 1. The first-order chi connectivity index (χ1) is 8.59. The zero-order valence-corrected chi connectivity index (χ0v) is 10.0. The molecular weight excluding hydrogens is 238 g/mol. The maximum atomic E-state index is 11.9. The van der Waals surface area contributed by atoms with E-state index in [1.807, 2.05) is 0 Å². The molecule has 2 heterocycles. The van der Waals surface area contributed by atoms with Gasteiger partial charge in [0.1, 0.15) is 12.4 Å². The molecule has 1 atom stereocenters. The van der Waals surface area contributed by atoms with Crippen molar-refractivity contribution in [2.24, 2.45) is 7.05 Å². The van der Waals surface area contributed by atoms with Gasteiger partial charge in [0.25, 0.3) is 0 Å². The summed E-state index contributed by atoms with van der Waals surface area (Å²) in [6.45, 7) is 0.708. The molecule has 0 unspecified atom stereocenters. The number of hydrogen-bond donors (Lipinski definition) is 2. The number of nitrogens with one attached hydrogen (secondary N) is 1. The van der Waals surface area contributed by atoms with E-state index in [1.165, 1.54) is 11.2 Å². The molecule has 2 N–H and O–H groups in total. The van der Waals surface area contributed by atoms with Gasteiger partial charge in [0.2, 0.25) is 0 Å². The summed E-state index contributed by atoms with van der Waals surface area (Å²) in [7, 11) is 1.78. The summed E-state index contributed by atoms with van der Waals surface area (Å²) in [6.07, 6.45) is 2.76. The summed E-state index contributed by atoms with van der Waals surface area (Å²) in [5.41, 5.74) is 0. The summed E-state index contributed by atoms with van der Waals surface area (Å²) in [5.74, 6) is -0.337. The standard InChI is InChI=1S/C10H15N5O3/c1-14-6-12-13-8(14)5-11-10(18)15-4-2-3-7(15)9(16)17/h6-7H,2-5H2,1H3,(H,11,18)(H,16,17)/t7-/m0/s1. The minimum Gasteiger partial charge on any atom is -0.480 e. The number of aliphatic carboxylic acids is 1. The van der Waals surface area contributed by atoms with Crippen molar-refractivity contribution in [1.82, 2.24) is 25.0 Å². The Morgan fingerprint density at radius 1 is 1.61 bits per heavy atom. The van der Waals surface area contributed by atoms with Crippen LogP contribution >= 0.6 is 0 Å². The molecule has 0 spiro atoms. The van der Waals surface area contributed by atoms with E-state index in [4.69, 9.17) is 5.11 Å². The van der Waals surface area contributed by atoms with Gasteiger partial charge in [-0.2, -0.15) is 0 Å². The minimum absolute atomic E-state index is 0.234. The predicted octanol–water partition coefficient (Wildman–Crippen LogP) is -0.426. The zero-order valence-electron chi connectivity index (χ0n) is 10.0. The lowest BCUT2D eigenvalue weighted by Gasteiger charge is -2.21. The van der Waals surface area contributed by atoms with Crippen LogP contribution in [0.3, 0.4) is 0 Å². The van der Waals surface area contributed by atoms with Gasteiger partial charge in [0.05, 0.1) is 6.54 Å². The van der Waals surface area contributed by atoms with E-state index >= 15 is 0 Å². The van der Waals surface area contributed by atoms with Gasteiger partial charge in [0.15, 0.2) is 5.82 Å². The van der Waals surface area contributed by atoms with Crippen LogP contribution in [0.25, 0.3) is 0 Å². The van der Waals surface area contributed by atoms with Crippen molar-refractivity contribution in [1.29, 1.82) is 0 Å². The Morgan fingerprint density at radius 3 is 3.00 bits per heavy atom. The van der Waals surface area contributed by atoms with Crippen LogP contribution in [-0.4, -0.2) is 49.4 Å². The lowest BCUT2D eigenvalue weighted by atomic mass is 10.2. The van der Waals surface area contributed by atoms with Crippen molar-refractivity contribution in [3.05, 3.63) is 12.2 Å². The molecular formula is C10H15N5O3. The van der Waals surface area contributed by atoms with Gasteiger partial charge in [-0.25, -0.2) is 9.59 Å². The van der Waals surface area contributed by atoms with Crippen LogP contribution in [0.15, 0.2) is 6.33 Å². The van der Waals surface area contributed by atoms with Gasteiger partial charge in [-0.1, -0.05) is 0 Å². The van der Waals surface area contributed by atoms with E-state index in [0.717, 1.165) is 0 Å². The number of urea groups is 1. The highest BCUT2D eigenvalue weighted by Crippen LogP contribution is 2.17. The highest BCUT2D eigenvalue weighted by atomic mass is 16.4. The molecule has 8 heteroatoms. The quantitative estimate of drug-likeness (QED) is 0.761. The van der Waals surface area contributed by atoms with Crippen molar-refractivity contribution in [2.45, 2.75) is 25.4 Å². The van der Waals surface area contributed by atoms with Crippen LogP contribution in [0.5, 0.6) is 0 Å². The molecule has 0 aromatic carbocycles. The van der Waals surface area contributed by atoms with Gasteiger partial charge in [-0.15, -0.1) is 10.2 Å². The van der Waals surface area contributed by atoms with E-state index in [1.54, 1.807) is 11.6 Å². The summed E-state index contributed by atoms with van der Waals surface area (Å²) in [5, 5.41) is 19.2. The third-order valence-corrected chi connectivity index (χ3v) is 3.00. The van der Waals surface area contributed by atoms with Gasteiger partial charge >= 0.3 is 12.0 Å². The number of carboxylic acids is 1. The second-order valence-electron chi connectivity index (χ2n) is 4.21. The van der Waals surface area contributed by atoms with Gasteiger partial charge in [0, 0.05) is 13.6 Å². The van der Waals surface area contributed by atoms with Gasteiger partial charge < -0.3 is 19.9 Å². The lowest BCUT2D eigenvalue weighted by Crippen LogP contribution is -2.45. The highest BCUT2D eigenvalue weighted by Gasteiger charge is 2.33. The fourth-order valence-electron chi connectivity index (χ4n) is 1.99. The normalized spacial score (nSPS) is 18.9. The Morgan fingerprint density at radius 2 is 2.39 bits per heavy atom. The molecule has 2 amide bonds. The monoisotopic (exact) mass is 253 g/mol. The molecule has 0 aliphatic carbocycles. The van der Waals surface area contributed by atoms with Crippen LogP contribution < -0.4 is 5.32 Å². The third kappa shape index (κ3) is 2.41. The summed E-state index contributed by atoms with van der Waals surface area (Å²) in [4.78, 5) is 24.2. The number of hydrogen-bond acceptors (Lipinski definition) is 4. The van der Waals surface area contributed by atoms with Crippen molar-refractivity contribution in [3.63, 3.8) is 0 Å². The summed E-state index contributed by atoms with van der Waals surface area (Å²) < 4.78 is 1.69. The van der Waals surface area contributed by atoms with Gasteiger partial charge in [-0.3, -0.25) is 0 Å². The molecule has 18 heavy (non-hydrogen) atoms. The fourth-order valence-corrected chi connectivity index (χ4v) is 1.99. The molecule has 1 aliphatic rings. The summed E-state index contributed by atoms with van der Waals surface area (Å²) >= 11 is 0. The Kier molecular flexibility index (Phi) is 3.45. The molecule has 1 aliphatic heterocycles. The van der Waals surface area contributed by atoms with Crippen molar-refractivity contribution < 1.29 is 14.7 Å². The number of carboxylic acid groups (broad SMARTS) is 1. The molecule has 1 fully saturated rings. The number of amides is 2. The molecule has 0 bridgehead atoms. The number of carbonyl (C=O) groups excluding carboxylic acids is 1. The first kappa shape index (κ1) is 12.3. The van der Waals surface area contributed by atoms with E-state index in [-0.39, 0.29) is 12.6 Å². The Balaban J connectivity index is 1.92. The Bertz CT molecular complexity index is 458. The second kappa shape index (κ2) is 5.03. The second-order valence-corrected chi connectivity index (χ2v) is 4.21. The first-order valence-corrected chi connectivity index (χ1v) is 5.69. The first-order valence-electron chi connectivity index (χ1n) is 5.69. The maximum Gasteiger partial charge on any atom is 0.326 e. The molecule has 1 aromatic rings. The van der Waals surface area contributed by atoms with Crippen LogP contribution in [-0.2, 0) is 18.4 Å². The van der Waals surface area contributed by atoms with Crippen LogP contribution in [0, 0.1) is 0 Å². The molecule has 98 valence electrons. The van der Waals surface area contributed by atoms with Gasteiger partial charge in [-0.05, 0) is 12.8 Å². The number of aryl methyl sites for hydroxylation is 1. The van der Waals surface area contributed by atoms with Crippen LogP contribution in [0.1, 0.15) is 18.7 Å². The SMILES string of the molecule is Cn1cnnc1CNC(=O)N1CCC[C@H]1C(=O)O. The van der Waals surface area contributed by atoms with E-state index in [9.17, 15) is 9.59 Å². The molecule has 2 rings (SSSR count). The number of aromatic nitrogens is 3. The average Bonchev–Trinajstić information content (AvgIpc) is 2.94. The van der Waals surface area contributed by atoms with E-state index in [0.29, 0.717) is 25.2 Å². The molecule has 0 saturated carbocycles. The van der Waals surface area contributed by atoms with Crippen LogP contribution in [0.4, 0.5) is 4.79 Å². The smallest absolute Gasteiger partial charge is 0.326 e. The number of rotatable bonds is 3.